The lowest BCUT2D eigenvalue weighted by Crippen LogP contribution is -2.13. The van der Waals surface area contributed by atoms with Crippen molar-refractivity contribution in [1.82, 2.24) is 15.4 Å². The van der Waals surface area contributed by atoms with Gasteiger partial charge < -0.3 is 10.2 Å². The van der Waals surface area contributed by atoms with E-state index in [1.807, 2.05) is 0 Å². The number of aliphatic carboxylic acids is 1. The minimum absolute atomic E-state index is 1.19. The summed E-state index contributed by atoms with van der Waals surface area (Å²) in [5.74, 6) is -1.19. The smallest absolute Gasteiger partial charge is 0.332 e. The van der Waals surface area contributed by atoms with Crippen molar-refractivity contribution < 1.29 is 15.0 Å². The number of hydrogen-bond donors (Lipinski definition) is 3. The van der Waals surface area contributed by atoms with Crippen LogP contribution in [0.5, 0.6) is 0 Å². The van der Waals surface area contributed by atoms with Crippen molar-refractivity contribution in [2.75, 3.05) is 0 Å². The van der Waals surface area contributed by atoms with E-state index in [4.69, 9.17) is 10.2 Å². The van der Waals surface area contributed by atoms with Gasteiger partial charge in [0.25, 0.3) is 0 Å². The lowest BCUT2D eigenvalue weighted by Gasteiger charge is -1.89. The van der Waals surface area contributed by atoms with Gasteiger partial charge in [0.15, 0.2) is 0 Å². The van der Waals surface area contributed by atoms with Crippen LogP contribution in [-0.4, -0.2) is 37.7 Å². The molecule has 0 aliphatic carbocycles. The monoisotopic (exact) mass is 159 g/mol. The molecule has 0 aliphatic heterocycles. The molecule has 1 heterocycles. The third-order valence-corrected chi connectivity index (χ3v) is 0.689. The van der Waals surface area contributed by atoms with Gasteiger partial charge in [0.2, 0.25) is 0 Å². The van der Waals surface area contributed by atoms with Gasteiger partial charge in [0, 0.05) is 6.20 Å². The van der Waals surface area contributed by atoms with Gasteiger partial charge in [-0.25, -0.2) is 4.79 Å². The van der Waals surface area contributed by atoms with Gasteiger partial charge in [-0.15, -0.1) is 5.10 Å². The van der Waals surface area contributed by atoms with Gasteiger partial charge in [-0.2, -0.15) is 0 Å². The van der Waals surface area contributed by atoms with Crippen LogP contribution in [0, 0.1) is 0 Å². The van der Waals surface area contributed by atoms with Crippen molar-refractivity contribution in [1.29, 1.82) is 0 Å². The van der Waals surface area contributed by atoms with E-state index in [0.29, 0.717) is 0 Å². The van der Waals surface area contributed by atoms with E-state index in [1.165, 1.54) is 6.92 Å². The first-order valence-electron chi connectivity index (χ1n) is 2.86. The van der Waals surface area contributed by atoms with Crippen LogP contribution in [0.3, 0.4) is 0 Å². The number of carboxylic acid groups (broad SMARTS) is 1. The predicted molar refractivity (Wildman–Crippen MR) is 35.7 cm³/mol. The number of nitrogens with zero attached hydrogens (tertiary/aromatic N) is 2. The van der Waals surface area contributed by atoms with E-state index in [-0.39, 0.29) is 0 Å². The Balaban J connectivity index is 0.000000183. The Morgan fingerprint density at radius 1 is 1.73 bits per heavy atom. The second-order valence-corrected chi connectivity index (χ2v) is 1.67. The highest BCUT2D eigenvalue weighted by Gasteiger charge is 2.01. The molecule has 0 saturated heterocycles. The summed E-state index contributed by atoms with van der Waals surface area (Å²) >= 11 is 0. The molecule has 0 spiro atoms. The van der Waals surface area contributed by atoms with E-state index in [0.717, 1.165) is 0 Å². The summed E-state index contributed by atoms with van der Waals surface area (Å²) in [5.41, 5.74) is 0. The van der Waals surface area contributed by atoms with Gasteiger partial charge in [-0.3, -0.25) is 5.10 Å². The molecule has 11 heavy (non-hydrogen) atoms. The zero-order valence-corrected chi connectivity index (χ0v) is 5.93. The fourth-order valence-electron chi connectivity index (χ4n) is 0.167. The van der Waals surface area contributed by atoms with Crippen LogP contribution in [0.4, 0.5) is 0 Å². The minimum Gasteiger partial charge on any atom is -0.479 e. The molecule has 0 aromatic carbocycles. The molecule has 1 atom stereocenters. The Labute approximate surface area is 62.9 Å². The number of aliphatic hydroxyl groups excluding tert-OH is 1. The fraction of sp³-hybridized carbons (Fsp3) is 0.400. The lowest BCUT2D eigenvalue weighted by molar-refractivity contribution is -0.145. The second kappa shape index (κ2) is 5.36. The van der Waals surface area contributed by atoms with E-state index < -0.39 is 12.1 Å². The zero-order chi connectivity index (χ0) is 8.69. The maximum atomic E-state index is 9.45. The average Bonchev–Trinajstić information content (AvgIpc) is 2.41. The van der Waals surface area contributed by atoms with Crippen LogP contribution >= 0.6 is 0 Å². The van der Waals surface area contributed by atoms with Gasteiger partial charge >= 0.3 is 5.97 Å². The minimum atomic E-state index is -1.23. The highest BCUT2D eigenvalue weighted by atomic mass is 16.4. The second-order valence-electron chi connectivity index (χ2n) is 1.67. The predicted octanol–water partition coefficient (Wildman–Crippen LogP) is -0.744. The molecule has 6 heteroatoms. The fourth-order valence-corrected chi connectivity index (χ4v) is 0.167. The summed E-state index contributed by atoms with van der Waals surface area (Å²) in [6.45, 7) is 1.20. The molecule has 1 aromatic heterocycles. The number of aromatic amines is 1. The summed E-state index contributed by atoms with van der Waals surface area (Å²) in [4.78, 5) is 9.45. The maximum Gasteiger partial charge on any atom is 0.332 e. The molecule has 0 amide bonds. The number of hydrogen-bond acceptors (Lipinski definition) is 4. The standard InChI is InChI=1S/C3H6O3.C2H3N3/c1-2(4)3(5)6;1-2-4-5-3-1/h2,4H,1H3,(H,5,6);1-2H,(H,3,4,5). The molecule has 0 bridgehead atoms. The Hall–Kier alpha value is -1.43. The van der Waals surface area contributed by atoms with E-state index in [9.17, 15) is 4.79 Å². The molecular weight excluding hydrogens is 150 g/mol. The number of aliphatic hydroxyl groups is 1. The molecule has 6 nitrogen and oxygen atoms in total. The van der Waals surface area contributed by atoms with Crippen molar-refractivity contribution in [2.45, 2.75) is 13.0 Å². The third-order valence-electron chi connectivity index (χ3n) is 0.689. The van der Waals surface area contributed by atoms with Gasteiger partial charge in [-0.05, 0) is 6.92 Å². The zero-order valence-electron chi connectivity index (χ0n) is 5.93. The first-order chi connectivity index (χ1) is 5.14. The van der Waals surface area contributed by atoms with Crippen LogP contribution in [0.15, 0.2) is 12.4 Å². The SMILES string of the molecule is CC(O)C(=O)O.c1c[nH]nn1. The average molecular weight is 159 g/mol. The Morgan fingerprint density at radius 2 is 2.27 bits per heavy atom. The Morgan fingerprint density at radius 3 is 2.36 bits per heavy atom. The largest absolute Gasteiger partial charge is 0.479 e. The maximum absolute atomic E-state index is 9.45. The molecule has 1 aromatic rings. The molecule has 0 radical (unpaired) electrons. The van der Waals surface area contributed by atoms with Crippen LogP contribution in [0.25, 0.3) is 0 Å². The third kappa shape index (κ3) is 6.46. The summed E-state index contributed by atoms with van der Waals surface area (Å²) in [5, 5.41) is 25.0. The molecule has 0 aliphatic rings. The van der Waals surface area contributed by atoms with Gasteiger partial charge in [0.1, 0.15) is 6.10 Å². The summed E-state index contributed by atoms with van der Waals surface area (Å²) in [6, 6.07) is 0. The molecule has 1 unspecified atom stereocenters. The van der Waals surface area contributed by atoms with Crippen molar-refractivity contribution in [3.05, 3.63) is 12.4 Å². The lowest BCUT2D eigenvalue weighted by atomic mass is 10.4. The van der Waals surface area contributed by atoms with E-state index in [2.05, 4.69) is 15.4 Å². The molecule has 0 saturated carbocycles. The van der Waals surface area contributed by atoms with E-state index >= 15 is 0 Å². The molecule has 0 fully saturated rings. The van der Waals surface area contributed by atoms with Crippen molar-refractivity contribution in [3.8, 4) is 0 Å². The summed E-state index contributed by atoms with van der Waals surface area (Å²) in [7, 11) is 0. The highest BCUT2D eigenvalue weighted by molar-refractivity contribution is 5.71. The first kappa shape index (κ1) is 9.57. The number of nitrogens with one attached hydrogen (secondary N) is 1. The topological polar surface area (TPSA) is 99.1 Å². The van der Waals surface area contributed by atoms with Crippen LogP contribution in [0.2, 0.25) is 0 Å². The van der Waals surface area contributed by atoms with E-state index in [1.54, 1.807) is 12.4 Å². The molecule has 3 N–H and O–H groups in total. The quantitative estimate of drug-likeness (QED) is 0.501. The van der Waals surface area contributed by atoms with Crippen molar-refractivity contribution in [2.24, 2.45) is 0 Å². The molecule has 1 rings (SSSR count). The summed E-state index contributed by atoms with van der Waals surface area (Å²) < 4.78 is 0. The first-order valence-corrected chi connectivity index (χ1v) is 2.86. The normalized spacial score (nSPS) is 11.1. The number of carboxylic acids is 1. The molecular formula is C5H9N3O3. The molecule has 62 valence electrons. The summed E-state index contributed by atoms with van der Waals surface area (Å²) in [6.07, 6.45) is 2.00. The van der Waals surface area contributed by atoms with Crippen molar-refractivity contribution >= 4 is 5.97 Å². The number of H-pyrrole nitrogens is 1. The number of rotatable bonds is 1. The highest BCUT2D eigenvalue weighted by Crippen LogP contribution is 1.73. The van der Waals surface area contributed by atoms with Gasteiger partial charge in [-0.1, -0.05) is 5.21 Å². The van der Waals surface area contributed by atoms with Crippen LogP contribution in [-0.2, 0) is 4.79 Å². The van der Waals surface area contributed by atoms with Gasteiger partial charge in [0.05, 0.1) is 6.20 Å². The Kier molecular flexibility index (Phi) is 4.67. The Bertz CT molecular complexity index is 168. The number of aromatic nitrogens is 3. The van der Waals surface area contributed by atoms with Crippen molar-refractivity contribution in [3.63, 3.8) is 0 Å². The van der Waals surface area contributed by atoms with Crippen LogP contribution < -0.4 is 0 Å². The van der Waals surface area contributed by atoms with Crippen LogP contribution in [0.1, 0.15) is 6.92 Å². The number of carbonyl (C=O) groups is 1.